The molecule has 2 aromatic heterocycles. The summed E-state index contributed by atoms with van der Waals surface area (Å²) in [5.74, 6) is -2.11. The Kier molecular flexibility index (Phi) is 7.42. The van der Waals surface area contributed by atoms with Crippen molar-refractivity contribution >= 4 is 22.8 Å². The van der Waals surface area contributed by atoms with Gasteiger partial charge in [-0.2, -0.15) is 0 Å². The van der Waals surface area contributed by atoms with Crippen LogP contribution in [0.15, 0.2) is 73.8 Å². The summed E-state index contributed by atoms with van der Waals surface area (Å²) < 4.78 is 27.1. The molecule has 0 saturated carbocycles. The molecule has 2 N–H and O–H groups in total. The van der Waals surface area contributed by atoms with E-state index in [4.69, 9.17) is 0 Å². The van der Waals surface area contributed by atoms with Gasteiger partial charge in [0.2, 0.25) is 0 Å². The standard InChI is InChI=1S/C30H34F2N6/c1-21(22(2)36-26-7-9-29(35-18-26)38-13-10-30(31,32)20-38)27-15-24(6-8-28(27)33-3)25-14-23(16-34-17-25)19-37-11-4-5-12-37/h6-9,14-18,33,36H,1-2,4-5,10-13,19-20H2,3H3. The molecule has 198 valence electrons. The molecule has 0 unspecified atom stereocenters. The van der Waals surface area contributed by atoms with E-state index in [-0.39, 0.29) is 13.0 Å². The third-order valence-electron chi connectivity index (χ3n) is 7.25. The van der Waals surface area contributed by atoms with Gasteiger partial charge in [-0.25, -0.2) is 13.8 Å². The summed E-state index contributed by atoms with van der Waals surface area (Å²) >= 11 is 0. The molecule has 0 amide bonds. The van der Waals surface area contributed by atoms with Gasteiger partial charge in [-0.3, -0.25) is 9.88 Å². The summed E-state index contributed by atoms with van der Waals surface area (Å²) in [6.07, 6.45) is 7.86. The molecule has 38 heavy (non-hydrogen) atoms. The molecule has 2 fully saturated rings. The SMILES string of the molecule is C=C(Nc1ccc(N2CCC(F)(F)C2)nc1)C(=C)c1cc(-c2cncc(CN3CCCC3)c2)ccc1NC. The molecule has 5 rings (SSSR count). The van der Waals surface area contributed by atoms with Crippen LogP contribution in [0.2, 0.25) is 0 Å². The molecule has 0 radical (unpaired) electrons. The van der Waals surface area contributed by atoms with Gasteiger partial charge in [0.1, 0.15) is 5.82 Å². The zero-order valence-corrected chi connectivity index (χ0v) is 21.8. The van der Waals surface area contributed by atoms with Crippen LogP contribution in [-0.2, 0) is 6.54 Å². The molecule has 6 nitrogen and oxygen atoms in total. The Morgan fingerprint density at radius 3 is 2.50 bits per heavy atom. The number of hydrogen-bond acceptors (Lipinski definition) is 6. The van der Waals surface area contributed by atoms with E-state index in [1.54, 1.807) is 17.2 Å². The number of allylic oxidation sites excluding steroid dienone is 1. The van der Waals surface area contributed by atoms with Crippen LogP contribution in [0.4, 0.5) is 26.0 Å². The summed E-state index contributed by atoms with van der Waals surface area (Å²) in [5.41, 5.74) is 7.26. The number of benzene rings is 1. The largest absolute Gasteiger partial charge is 0.388 e. The van der Waals surface area contributed by atoms with Gasteiger partial charge in [-0.1, -0.05) is 19.2 Å². The molecule has 0 spiro atoms. The number of nitrogens with one attached hydrogen (secondary N) is 2. The van der Waals surface area contributed by atoms with E-state index >= 15 is 0 Å². The van der Waals surface area contributed by atoms with Gasteiger partial charge >= 0.3 is 0 Å². The summed E-state index contributed by atoms with van der Waals surface area (Å²) in [5, 5.41) is 6.51. The highest BCUT2D eigenvalue weighted by atomic mass is 19.3. The van der Waals surface area contributed by atoms with Gasteiger partial charge in [-0.15, -0.1) is 0 Å². The lowest BCUT2D eigenvalue weighted by molar-refractivity contribution is 0.0256. The van der Waals surface area contributed by atoms with E-state index in [9.17, 15) is 8.78 Å². The molecule has 1 aromatic carbocycles. The van der Waals surface area contributed by atoms with Crippen molar-refractivity contribution in [3.63, 3.8) is 0 Å². The van der Waals surface area contributed by atoms with E-state index in [1.807, 2.05) is 31.6 Å². The van der Waals surface area contributed by atoms with Gasteiger partial charge in [0.05, 0.1) is 18.4 Å². The second kappa shape index (κ2) is 10.9. The van der Waals surface area contributed by atoms with Crippen molar-refractivity contribution in [1.29, 1.82) is 0 Å². The van der Waals surface area contributed by atoms with E-state index in [0.29, 0.717) is 23.7 Å². The molecule has 2 aliphatic rings. The number of hydrogen-bond donors (Lipinski definition) is 2. The quantitative estimate of drug-likeness (QED) is 0.327. The first-order chi connectivity index (χ1) is 18.3. The minimum Gasteiger partial charge on any atom is -0.388 e. The molecule has 0 bridgehead atoms. The monoisotopic (exact) mass is 516 g/mol. The molecule has 4 heterocycles. The van der Waals surface area contributed by atoms with Crippen molar-refractivity contribution in [1.82, 2.24) is 14.9 Å². The molecular weight excluding hydrogens is 482 g/mol. The second-order valence-electron chi connectivity index (χ2n) is 10.1. The zero-order chi connectivity index (χ0) is 26.7. The summed E-state index contributed by atoms with van der Waals surface area (Å²) in [6, 6.07) is 12.0. The third-order valence-corrected chi connectivity index (χ3v) is 7.25. The van der Waals surface area contributed by atoms with E-state index in [2.05, 4.69) is 56.9 Å². The second-order valence-corrected chi connectivity index (χ2v) is 10.1. The Bertz CT molecular complexity index is 1310. The van der Waals surface area contributed by atoms with Crippen LogP contribution in [0.3, 0.4) is 0 Å². The molecule has 0 aliphatic carbocycles. The molecule has 2 saturated heterocycles. The zero-order valence-electron chi connectivity index (χ0n) is 21.8. The number of halogens is 2. The van der Waals surface area contributed by atoms with Gasteiger partial charge in [0, 0.05) is 61.5 Å². The fraction of sp³-hybridized carbons (Fsp3) is 0.333. The minimum absolute atomic E-state index is 0.142. The lowest BCUT2D eigenvalue weighted by atomic mass is 9.96. The fourth-order valence-corrected chi connectivity index (χ4v) is 5.11. The average Bonchev–Trinajstić information content (AvgIpc) is 3.57. The van der Waals surface area contributed by atoms with Crippen LogP contribution in [0.5, 0.6) is 0 Å². The smallest absolute Gasteiger partial charge is 0.266 e. The first-order valence-corrected chi connectivity index (χ1v) is 13.0. The Morgan fingerprint density at radius 2 is 1.82 bits per heavy atom. The molecule has 0 atom stereocenters. The Labute approximate surface area is 223 Å². The molecule has 3 aromatic rings. The van der Waals surface area contributed by atoms with Crippen LogP contribution in [0.25, 0.3) is 16.7 Å². The summed E-state index contributed by atoms with van der Waals surface area (Å²) in [4.78, 5) is 13.0. The number of pyridine rings is 2. The number of alkyl halides is 2. The van der Waals surface area contributed by atoms with Crippen molar-refractivity contribution in [2.24, 2.45) is 0 Å². The molecule has 8 heteroatoms. The van der Waals surface area contributed by atoms with Crippen LogP contribution in [0, 0.1) is 0 Å². The normalized spacial score (nSPS) is 17.0. The average molecular weight is 517 g/mol. The Balaban J connectivity index is 1.30. The lowest BCUT2D eigenvalue weighted by Crippen LogP contribution is -2.25. The maximum absolute atomic E-state index is 13.6. The minimum atomic E-state index is -2.66. The highest BCUT2D eigenvalue weighted by molar-refractivity contribution is 5.88. The first-order valence-electron chi connectivity index (χ1n) is 13.0. The van der Waals surface area contributed by atoms with E-state index in [1.165, 1.54) is 18.4 Å². The van der Waals surface area contributed by atoms with Crippen molar-refractivity contribution in [3.05, 3.63) is 85.0 Å². The number of rotatable bonds is 9. The number of aromatic nitrogens is 2. The third kappa shape index (κ3) is 5.86. The van der Waals surface area contributed by atoms with Crippen molar-refractivity contribution in [2.75, 3.05) is 48.8 Å². The maximum Gasteiger partial charge on any atom is 0.266 e. The van der Waals surface area contributed by atoms with Crippen molar-refractivity contribution in [3.8, 4) is 11.1 Å². The summed E-state index contributed by atoms with van der Waals surface area (Å²) in [6.45, 7) is 11.7. The van der Waals surface area contributed by atoms with Gasteiger partial charge in [0.15, 0.2) is 0 Å². The van der Waals surface area contributed by atoms with Crippen LogP contribution >= 0.6 is 0 Å². The van der Waals surface area contributed by atoms with Gasteiger partial charge in [0.25, 0.3) is 5.92 Å². The van der Waals surface area contributed by atoms with Crippen LogP contribution in [0.1, 0.15) is 30.4 Å². The number of likely N-dealkylation sites (tertiary alicyclic amines) is 1. The van der Waals surface area contributed by atoms with E-state index in [0.717, 1.165) is 47.6 Å². The van der Waals surface area contributed by atoms with Crippen molar-refractivity contribution < 1.29 is 8.78 Å². The predicted molar refractivity (Wildman–Crippen MR) is 152 cm³/mol. The highest BCUT2D eigenvalue weighted by Gasteiger charge is 2.38. The predicted octanol–water partition coefficient (Wildman–Crippen LogP) is 6.27. The maximum atomic E-state index is 13.6. The first kappa shape index (κ1) is 25.9. The van der Waals surface area contributed by atoms with Gasteiger partial charge < -0.3 is 15.5 Å². The van der Waals surface area contributed by atoms with Crippen LogP contribution < -0.4 is 15.5 Å². The Morgan fingerprint density at radius 1 is 1.00 bits per heavy atom. The van der Waals surface area contributed by atoms with Crippen molar-refractivity contribution in [2.45, 2.75) is 31.7 Å². The Hall–Kier alpha value is -3.78. The van der Waals surface area contributed by atoms with Crippen LogP contribution in [-0.4, -0.2) is 54.0 Å². The summed E-state index contributed by atoms with van der Waals surface area (Å²) in [7, 11) is 1.88. The molecular formula is C30H34F2N6. The number of nitrogens with zero attached hydrogens (tertiary/aromatic N) is 4. The topological polar surface area (TPSA) is 56.3 Å². The number of anilines is 3. The highest BCUT2D eigenvalue weighted by Crippen LogP contribution is 2.34. The van der Waals surface area contributed by atoms with Gasteiger partial charge in [-0.05, 0) is 73.0 Å². The van der Waals surface area contributed by atoms with E-state index < -0.39 is 5.92 Å². The lowest BCUT2D eigenvalue weighted by Gasteiger charge is -2.19. The molecule has 2 aliphatic heterocycles. The fourth-order valence-electron chi connectivity index (χ4n) is 5.11.